The van der Waals surface area contributed by atoms with Crippen LogP contribution in [0.2, 0.25) is 0 Å². The molecule has 0 bridgehead atoms. The molecule has 0 aromatic heterocycles. The second-order valence-electron chi connectivity index (χ2n) is 3.13. The molecule has 0 aromatic rings. The lowest BCUT2D eigenvalue weighted by Gasteiger charge is -2.31. The van der Waals surface area contributed by atoms with Crippen LogP contribution in [0.1, 0.15) is 20.8 Å². The maximum Gasteiger partial charge on any atom is 0.0899 e. The van der Waals surface area contributed by atoms with Gasteiger partial charge in [-0.1, -0.05) is 12.2 Å². The van der Waals surface area contributed by atoms with Gasteiger partial charge in [0, 0.05) is 12.6 Å². The summed E-state index contributed by atoms with van der Waals surface area (Å²) in [4.78, 5) is 2.56. The van der Waals surface area contributed by atoms with Gasteiger partial charge in [0.15, 0.2) is 0 Å². The molecule has 0 radical (unpaired) electrons. The molecule has 0 aromatic carbocycles. The molecule has 1 unspecified atom stereocenters. The Balaban J connectivity index is 4.18. The Bertz CT molecular complexity index is 150. The standard InChI is InChI=1S/C8H18N2OS/c1-6(2)10(4-5-11)7(3)8(9)12/h6-7,11H,4-5H2,1-3H3,(H2,9,12). The highest BCUT2D eigenvalue weighted by atomic mass is 32.1. The summed E-state index contributed by atoms with van der Waals surface area (Å²) in [6.45, 7) is 6.84. The Morgan fingerprint density at radius 1 is 1.50 bits per heavy atom. The van der Waals surface area contributed by atoms with Crippen LogP contribution in [0.5, 0.6) is 0 Å². The molecule has 3 N–H and O–H groups in total. The SMILES string of the molecule is CC(C)N(CCO)C(C)C(N)=S. The fourth-order valence-corrected chi connectivity index (χ4v) is 1.31. The van der Waals surface area contributed by atoms with Crippen LogP contribution in [0.3, 0.4) is 0 Å². The highest BCUT2D eigenvalue weighted by Gasteiger charge is 2.17. The molecule has 0 aliphatic heterocycles. The van der Waals surface area contributed by atoms with Gasteiger partial charge in [-0.25, -0.2) is 0 Å². The fraction of sp³-hybridized carbons (Fsp3) is 0.875. The van der Waals surface area contributed by atoms with E-state index in [-0.39, 0.29) is 12.6 Å². The molecule has 72 valence electrons. The van der Waals surface area contributed by atoms with Crippen LogP contribution in [0.25, 0.3) is 0 Å². The first-order valence-corrected chi connectivity index (χ1v) is 4.57. The molecule has 1 atom stereocenters. The zero-order valence-corrected chi connectivity index (χ0v) is 8.77. The Hall–Kier alpha value is -0.190. The number of aliphatic hydroxyl groups excluding tert-OH is 1. The van der Waals surface area contributed by atoms with Gasteiger partial charge in [0.1, 0.15) is 0 Å². The molecule has 0 rings (SSSR count). The van der Waals surface area contributed by atoms with Gasteiger partial charge in [0.25, 0.3) is 0 Å². The molecule has 3 nitrogen and oxygen atoms in total. The Labute approximate surface area is 79.5 Å². The molecule has 0 saturated carbocycles. The third-order valence-corrected chi connectivity index (χ3v) is 2.27. The average molecular weight is 190 g/mol. The molecule has 0 saturated heterocycles. The Morgan fingerprint density at radius 2 is 2.00 bits per heavy atom. The van der Waals surface area contributed by atoms with Crippen molar-refractivity contribution in [1.29, 1.82) is 0 Å². The van der Waals surface area contributed by atoms with E-state index in [1.165, 1.54) is 0 Å². The molecule has 4 heteroatoms. The number of hydrogen-bond acceptors (Lipinski definition) is 3. The molecular weight excluding hydrogens is 172 g/mol. The first-order valence-electron chi connectivity index (χ1n) is 4.16. The zero-order valence-electron chi connectivity index (χ0n) is 7.95. The third-order valence-electron chi connectivity index (χ3n) is 1.93. The van der Waals surface area contributed by atoms with Gasteiger partial charge < -0.3 is 10.8 Å². The summed E-state index contributed by atoms with van der Waals surface area (Å²) in [5, 5.41) is 8.79. The van der Waals surface area contributed by atoms with Crippen LogP contribution in [0.15, 0.2) is 0 Å². The van der Waals surface area contributed by atoms with Gasteiger partial charge in [-0.2, -0.15) is 0 Å². The van der Waals surface area contributed by atoms with Crippen molar-refractivity contribution in [1.82, 2.24) is 4.90 Å². The maximum absolute atomic E-state index is 8.79. The fourth-order valence-electron chi connectivity index (χ4n) is 1.18. The topological polar surface area (TPSA) is 49.5 Å². The van der Waals surface area contributed by atoms with Gasteiger partial charge in [0.05, 0.1) is 17.6 Å². The van der Waals surface area contributed by atoms with Gasteiger partial charge in [-0.15, -0.1) is 0 Å². The number of aliphatic hydroxyl groups is 1. The average Bonchev–Trinajstić information content (AvgIpc) is 1.98. The van der Waals surface area contributed by atoms with Crippen LogP contribution >= 0.6 is 12.2 Å². The van der Waals surface area contributed by atoms with E-state index in [1.54, 1.807) is 0 Å². The lowest BCUT2D eigenvalue weighted by molar-refractivity contribution is 0.153. The van der Waals surface area contributed by atoms with Gasteiger partial charge in [0.2, 0.25) is 0 Å². The smallest absolute Gasteiger partial charge is 0.0899 e. The van der Waals surface area contributed by atoms with E-state index in [0.717, 1.165) is 0 Å². The van der Waals surface area contributed by atoms with Crippen LogP contribution in [0.4, 0.5) is 0 Å². The number of rotatable bonds is 5. The molecule has 0 aliphatic carbocycles. The number of nitrogens with two attached hydrogens (primary N) is 1. The molecule has 0 heterocycles. The van der Waals surface area contributed by atoms with Crippen molar-refractivity contribution in [2.75, 3.05) is 13.2 Å². The molecule has 0 spiro atoms. The highest BCUT2D eigenvalue weighted by Crippen LogP contribution is 2.04. The normalized spacial score (nSPS) is 13.8. The van der Waals surface area contributed by atoms with Crippen molar-refractivity contribution in [3.05, 3.63) is 0 Å². The summed E-state index contributed by atoms with van der Waals surface area (Å²) >= 11 is 4.88. The van der Waals surface area contributed by atoms with Crippen LogP contribution < -0.4 is 5.73 Å². The van der Waals surface area contributed by atoms with Crippen LogP contribution in [0, 0.1) is 0 Å². The van der Waals surface area contributed by atoms with Crippen molar-refractivity contribution < 1.29 is 5.11 Å². The van der Waals surface area contributed by atoms with E-state index in [1.807, 2.05) is 6.92 Å². The number of hydrogen-bond donors (Lipinski definition) is 2. The van der Waals surface area contributed by atoms with Crippen molar-refractivity contribution in [2.24, 2.45) is 5.73 Å². The van der Waals surface area contributed by atoms with Crippen LogP contribution in [-0.4, -0.2) is 40.2 Å². The van der Waals surface area contributed by atoms with E-state index < -0.39 is 0 Å². The van der Waals surface area contributed by atoms with E-state index in [2.05, 4.69) is 18.7 Å². The molecule has 12 heavy (non-hydrogen) atoms. The van der Waals surface area contributed by atoms with Gasteiger partial charge in [-0.3, -0.25) is 4.90 Å². The largest absolute Gasteiger partial charge is 0.395 e. The second kappa shape index (κ2) is 5.45. The maximum atomic E-state index is 8.79. The molecule has 0 amide bonds. The molecular formula is C8H18N2OS. The second-order valence-corrected chi connectivity index (χ2v) is 3.60. The van der Waals surface area contributed by atoms with Crippen LogP contribution in [-0.2, 0) is 0 Å². The van der Waals surface area contributed by atoms with Crippen molar-refractivity contribution in [3.8, 4) is 0 Å². The summed E-state index contributed by atoms with van der Waals surface area (Å²) in [5.74, 6) is 0. The molecule has 0 fully saturated rings. The Morgan fingerprint density at radius 3 is 2.25 bits per heavy atom. The monoisotopic (exact) mass is 190 g/mol. The van der Waals surface area contributed by atoms with Crippen molar-refractivity contribution >= 4 is 17.2 Å². The lowest BCUT2D eigenvalue weighted by atomic mass is 10.2. The first kappa shape index (κ1) is 11.8. The van der Waals surface area contributed by atoms with Gasteiger partial charge >= 0.3 is 0 Å². The summed E-state index contributed by atoms with van der Waals surface area (Å²) < 4.78 is 0. The van der Waals surface area contributed by atoms with Gasteiger partial charge in [-0.05, 0) is 20.8 Å². The zero-order chi connectivity index (χ0) is 9.72. The number of nitrogens with zero attached hydrogens (tertiary/aromatic N) is 1. The Kier molecular flexibility index (Phi) is 5.37. The first-order chi connectivity index (χ1) is 5.50. The summed E-state index contributed by atoms with van der Waals surface area (Å²) in [5.41, 5.74) is 5.51. The van der Waals surface area contributed by atoms with Crippen molar-refractivity contribution in [3.63, 3.8) is 0 Å². The summed E-state index contributed by atoms with van der Waals surface area (Å²) in [6, 6.07) is 0.417. The van der Waals surface area contributed by atoms with E-state index in [0.29, 0.717) is 17.6 Å². The number of thiocarbonyl (C=S) groups is 1. The van der Waals surface area contributed by atoms with E-state index >= 15 is 0 Å². The minimum atomic E-state index is 0.0622. The minimum Gasteiger partial charge on any atom is -0.395 e. The predicted octanol–water partition coefficient (Wildman–Crippen LogP) is 0.364. The minimum absolute atomic E-state index is 0.0622. The van der Waals surface area contributed by atoms with E-state index in [4.69, 9.17) is 23.1 Å². The predicted molar refractivity (Wildman–Crippen MR) is 55.2 cm³/mol. The summed E-state index contributed by atoms with van der Waals surface area (Å²) in [7, 11) is 0. The van der Waals surface area contributed by atoms with Crippen molar-refractivity contribution in [2.45, 2.75) is 32.9 Å². The summed E-state index contributed by atoms with van der Waals surface area (Å²) in [6.07, 6.45) is 0. The van der Waals surface area contributed by atoms with E-state index in [9.17, 15) is 0 Å². The third kappa shape index (κ3) is 3.47. The quantitative estimate of drug-likeness (QED) is 0.615. The lowest BCUT2D eigenvalue weighted by Crippen LogP contribution is -2.46. The highest BCUT2D eigenvalue weighted by molar-refractivity contribution is 7.80. The molecule has 0 aliphatic rings.